The fourth-order valence-electron chi connectivity index (χ4n) is 1.87. The Morgan fingerprint density at radius 3 is 3.14 bits per heavy atom. The highest BCUT2D eigenvalue weighted by Crippen LogP contribution is 2.13. The zero-order valence-corrected chi connectivity index (χ0v) is 8.20. The van der Waals surface area contributed by atoms with Crippen LogP contribution in [0.4, 0.5) is 0 Å². The molecule has 1 unspecified atom stereocenters. The lowest BCUT2D eigenvalue weighted by Gasteiger charge is -2.21. The lowest BCUT2D eigenvalue weighted by Crippen LogP contribution is -2.35. The highest BCUT2D eigenvalue weighted by Gasteiger charge is 2.15. The SMILES string of the molecule is OCc1cc(CC2CCCCN2)on1. The van der Waals surface area contributed by atoms with E-state index in [1.807, 2.05) is 6.07 Å². The van der Waals surface area contributed by atoms with Crippen LogP contribution in [0.15, 0.2) is 10.6 Å². The molecule has 2 N–H and O–H groups in total. The average molecular weight is 196 g/mol. The molecule has 78 valence electrons. The molecule has 1 aliphatic heterocycles. The Kier molecular flexibility index (Phi) is 3.16. The van der Waals surface area contributed by atoms with Gasteiger partial charge in [0.2, 0.25) is 0 Å². The predicted molar refractivity (Wildman–Crippen MR) is 51.8 cm³/mol. The third-order valence-corrected chi connectivity index (χ3v) is 2.63. The Morgan fingerprint density at radius 1 is 1.57 bits per heavy atom. The number of rotatable bonds is 3. The highest BCUT2D eigenvalue weighted by molar-refractivity contribution is 5.05. The normalized spacial score (nSPS) is 22.5. The Balaban J connectivity index is 1.89. The zero-order chi connectivity index (χ0) is 9.80. The minimum absolute atomic E-state index is 0.0401. The van der Waals surface area contributed by atoms with Crippen LogP contribution in [-0.2, 0) is 13.0 Å². The van der Waals surface area contributed by atoms with Crippen molar-refractivity contribution in [2.24, 2.45) is 0 Å². The summed E-state index contributed by atoms with van der Waals surface area (Å²) in [6.45, 7) is 1.06. The van der Waals surface area contributed by atoms with E-state index in [1.165, 1.54) is 19.3 Å². The Bertz CT molecular complexity index is 279. The zero-order valence-electron chi connectivity index (χ0n) is 8.20. The van der Waals surface area contributed by atoms with Crippen LogP contribution >= 0.6 is 0 Å². The number of aliphatic hydroxyl groups is 1. The predicted octanol–water partition coefficient (Wildman–Crippen LogP) is 0.851. The summed E-state index contributed by atoms with van der Waals surface area (Å²) in [4.78, 5) is 0. The minimum atomic E-state index is -0.0401. The largest absolute Gasteiger partial charge is 0.390 e. The lowest BCUT2D eigenvalue weighted by molar-refractivity contribution is 0.263. The fraction of sp³-hybridized carbons (Fsp3) is 0.700. The van der Waals surface area contributed by atoms with Gasteiger partial charge in [0.15, 0.2) is 0 Å². The van der Waals surface area contributed by atoms with Crippen molar-refractivity contribution in [3.05, 3.63) is 17.5 Å². The lowest BCUT2D eigenvalue weighted by atomic mass is 10.0. The van der Waals surface area contributed by atoms with Gasteiger partial charge in [-0.25, -0.2) is 0 Å². The molecule has 1 aliphatic rings. The summed E-state index contributed by atoms with van der Waals surface area (Å²) in [7, 11) is 0. The number of aliphatic hydroxyl groups excluding tert-OH is 1. The van der Waals surface area contributed by atoms with Crippen LogP contribution in [-0.4, -0.2) is 22.8 Å². The van der Waals surface area contributed by atoms with Crippen LogP contribution in [0.3, 0.4) is 0 Å². The molecule has 1 atom stereocenters. The Morgan fingerprint density at radius 2 is 2.50 bits per heavy atom. The molecule has 4 heteroatoms. The number of nitrogens with one attached hydrogen (secondary N) is 1. The topological polar surface area (TPSA) is 58.3 Å². The summed E-state index contributed by atoms with van der Waals surface area (Å²) in [5, 5.41) is 16.0. The van der Waals surface area contributed by atoms with E-state index in [2.05, 4.69) is 10.5 Å². The van der Waals surface area contributed by atoms with Crippen LogP contribution in [0.1, 0.15) is 30.7 Å². The van der Waals surface area contributed by atoms with Crippen LogP contribution in [0.25, 0.3) is 0 Å². The fourth-order valence-corrected chi connectivity index (χ4v) is 1.87. The molecule has 2 rings (SSSR count). The van der Waals surface area contributed by atoms with Crippen LogP contribution in [0.2, 0.25) is 0 Å². The van der Waals surface area contributed by atoms with Gasteiger partial charge in [-0.1, -0.05) is 11.6 Å². The minimum Gasteiger partial charge on any atom is -0.390 e. The van der Waals surface area contributed by atoms with Gasteiger partial charge < -0.3 is 14.9 Å². The Hall–Kier alpha value is -0.870. The number of hydrogen-bond acceptors (Lipinski definition) is 4. The molecular formula is C10H16N2O2. The van der Waals surface area contributed by atoms with Gasteiger partial charge in [0.05, 0.1) is 6.61 Å². The van der Waals surface area contributed by atoms with Crippen molar-refractivity contribution in [2.75, 3.05) is 6.54 Å². The van der Waals surface area contributed by atoms with E-state index in [0.29, 0.717) is 11.7 Å². The van der Waals surface area contributed by atoms with Gasteiger partial charge in [0.1, 0.15) is 11.5 Å². The molecule has 0 radical (unpaired) electrons. The van der Waals surface area contributed by atoms with Crippen molar-refractivity contribution in [3.8, 4) is 0 Å². The number of nitrogens with zero attached hydrogens (tertiary/aromatic N) is 1. The first-order valence-electron chi connectivity index (χ1n) is 5.17. The van der Waals surface area contributed by atoms with Crippen molar-refractivity contribution in [3.63, 3.8) is 0 Å². The van der Waals surface area contributed by atoms with E-state index in [4.69, 9.17) is 9.63 Å². The summed E-state index contributed by atoms with van der Waals surface area (Å²) in [6.07, 6.45) is 4.65. The molecule has 1 saturated heterocycles. The maximum Gasteiger partial charge on any atom is 0.138 e. The number of hydrogen-bond donors (Lipinski definition) is 2. The molecule has 1 fully saturated rings. The molecule has 0 spiro atoms. The quantitative estimate of drug-likeness (QED) is 0.752. The van der Waals surface area contributed by atoms with Crippen molar-refractivity contribution in [2.45, 2.75) is 38.3 Å². The molecule has 0 aliphatic carbocycles. The number of aromatic nitrogens is 1. The smallest absolute Gasteiger partial charge is 0.138 e. The maximum atomic E-state index is 8.82. The summed E-state index contributed by atoms with van der Waals surface area (Å²) < 4.78 is 5.11. The molecule has 2 heterocycles. The summed E-state index contributed by atoms with van der Waals surface area (Å²) in [5.41, 5.74) is 0.621. The monoisotopic (exact) mass is 196 g/mol. The van der Waals surface area contributed by atoms with E-state index >= 15 is 0 Å². The van der Waals surface area contributed by atoms with Gasteiger partial charge in [-0.15, -0.1) is 0 Å². The summed E-state index contributed by atoms with van der Waals surface area (Å²) >= 11 is 0. The number of piperidine rings is 1. The van der Waals surface area contributed by atoms with E-state index < -0.39 is 0 Å². The molecular weight excluding hydrogens is 180 g/mol. The standard InChI is InChI=1S/C10H16N2O2/c13-7-9-6-10(14-12-9)5-8-3-1-2-4-11-8/h6,8,11,13H,1-5,7H2. The molecule has 1 aromatic rings. The average Bonchev–Trinajstić information content (AvgIpc) is 2.67. The first-order valence-corrected chi connectivity index (χ1v) is 5.17. The van der Waals surface area contributed by atoms with Crippen LogP contribution in [0, 0.1) is 0 Å². The first-order chi connectivity index (χ1) is 6.88. The van der Waals surface area contributed by atoms with E-state index in [1.54, 1.807) is 0 Å². The first kappa shape index (κ1) is 9.68. The van der Waals surface area contributed by atoms with E-state index in [0.717, 1.165) is 18.7 Å². The second-order valence-corrected chi connectivity index (χ2v) is 3.79. The maximum absolute atomic E-state index is 8.82. The second-order valence-electron chi connectivity index (χ2n) is 3.79. The molecule has 0 amide bonds. The summed E-state index contributed by atoms with van der Waals surface area (Å²) in [5.74, 6) is 0.869. The van der Waals surface area contributed by atoms with Crippen molar-refractivity contribution >= 4 is 0 Å². The molecule has 0 aromatic carbocycles. The third-order valence-electron chi connectivity index (χ3n) is 2.63. The second kappa shape index (κ2) is 4.57. The van der Waals surface area contributed by atoms with Crippen molar-refractivity contribution < 1.29 is 9.63 Å². The van der Waals surface area contributed by atoms with Gasteiger partial charge in [0.25, 0.3) is 0 Å². The molecule has 1 aromatic heterocycles. The van der Waals surface area contributed by atoms with Gasteiger partial charge in [-0.05, 0) is 19.4 Å². The molecule has 0 saturated carbocycles. The molecule has 14 heavy (non-hydrogen) atoms. The van der Waals surface area contributed by atoms with Crippen molar-refractivity contribution in [1.82, 2.24) is 10.5 Å². The van der Waals surface area contributed by atoms with E-state index in [9.17, 15) is 0 Å². The Labute approximate surface area is 83.3 Å². The van der Waals surface area contributed by atoms with Gasteiger partial charge in [0, 0.05) is 18.5 Å². The van der Waals surface area contributed by atoms with E-state index in [-0.39, 0.29) is 6.61 Å². The summed E-state index contributed by atoms with van der Waals surface area (Å²) in [6, 6.07) is 2.35. The van der Waals surface area contributed by atoms with Gasteiger partial charge in [-0.2, -0.15) is 0 Å². The van der Waals surface area contributed by atoms with Crippen molar-refractivity contribution in [1.29, 1.82) is 0 Å². The van der Waals surface area contributed by atoms with Gasteiger partial charge >= 0.3 is 0 Å². The van der Waals surface area contributed by atoms with Crippen LogP contribution < -0.4 is 5.32 Å². The molecule has 4 nitrogen and oxygen atoms in total. The highest BCUT2D eigenvalue weighted by atomic mass is 16.5. The molecule has 0 bridgehead atoms. The third kappa shape index (κ3) is 2.33. The van der Waals surface area contributed by atoms with Crippen LogP contribution in [0.5, 0.6) is 0 Å². The van der Waals surface area contributed by atoms with Gasteiger partial charge in [-0.3, -0.25) is 0 Å².